The summed E-state index contributed by atoms with van der Waals surface area (Å²) in [5.41, 5.74) is 4.94. The van der Waals surface area contributed by atoms with E-state index in [1.165, 1.54) is 0 Å². The summed E-state index contributed by atoms with van der Waals surface area (Å²) in [5, 5.41) is 7.28. The van der Waals surface area contributed by atoms with Gasteiger partial charge in [0.15, 0.2) is 0 Å². The van der Waals surface area contributed by atoms with Crippen LogP contribution in [0.25, 0.3) is 0 Å². The van der Waals surface area contributed by atoms with Crippen molar-refractivity contribution < 1.29 is 0 Å². The highest BCUT2D eigenvalue weighted by Crippen LogP contribution is 2.18. The zero-order valence-corrected chi connectivity index (χ0v) is 10.2. The van der Waals surface area contributed by atoms with Crippen molar-refractivity contribution in [2.75, 3.05) is 0 Å². The predicted octanol–water partition coefficient (Wildman–Crippen LogP) is 0.932. The summed E-state index contributed by atoms with van der Waals surface area (Å²) in [4.78, 5) is 4.43. The molecule has 3 N–H and O–H groups in total. The van der Waals surface area contributed by atoms with Gasteiger partial charge in [-0.1, -0.05) is 0 Å². The molecule has 0 spiro atoms. The number of aryl methyl sites for hydroxylation is 2. The van der Waals surface area contributed by atoms with Crippen LogP contribution in [0.2, 0.25) is 0 Å². The van der Waals surface area contributed by atoms with E-state index >= 15 is 0 Å². The second-order valence-corrected chi connectivity index (χ2v) is 4.79. The minimum absolute atomic E-state index is 0.0650. The molecule has 0 aliphatic rings. The smallest absolute Gasteiger partial charge is 0.0897 e. The number of nitrogens with two attached hydrogens (primary N) is 1. The molecule has 2 heterocycles. The number of rotatable bonds is 4. The van der Waals surface area contributed by atoms with E-state index in [0.717, 1.165) is 22.7 Å². The molecular weight excluding hydrogens is 222 g/mol. The average molecular weight is 237 g/mol. The molecule has 0 radical (unpaired) electrons. The molecule has 0 saturated heterocycles. The first-order valence-electron chi connectivity index (χ1n) is 5.04. The summed E-state index contributed by atoms with van der Waals surface area (Å²) < 4.78 is 1.77. The zero-order chi connectivity index (χ0) is 11.5. The molecule has 5 nitrogen and oxygen atoms in total. The van der Waals surface area contributed by atoms with Crippen LogP contribution in [-0.4, -0.2) is 14.8 Å². The lowest BCUT2D eigenvalue weighted by atomic mass is 10.1. The molecule has 0 aliphatic heterocycles. The Bertz CT molecular complexity index is 461. The standard InChI is InChI=1S/C10H15N5S/c1-7-13-9(6-16-7)3-10(14-11)8-4-12-15(2)5-8/h4-6,10,14H,3,11H2,1-2H3. The van der Waals surface area contributed by atoms with E-state index < -0.39 is 0 Å². The van der Waals surface area contributed by atoms with E-state index in [-0.39, 0.29) is 6.04 Å². The molecule has 0 aliphatic carbocycles. The van der Waals surface area contributed by atoms with Crippen LogP contribution >= 0.6 is 11.3 Å². The molecule has 1 unspecified atom stereocenters. The van der Waals surface area contributed by atoms with Gasteiger partial charge in [0.05, 0.1) is 22.9 Å². The minimum atomic E-state index is 0.0650. The Balaban J connectivity index is 2.12. The first-order valence-corrected chi connectivity index (χ1v) is 5.92. The Morgan fingerprint density at radius 3 is 2.94 bits per heavy atom. The number of nitrogens with one attached hydrogen (secondary N) is 1. The predicted molar refractivity (Wildman–Crippen MR) is 63.8 cm³/mol. The number of nitrogens with zero attached hydrogens (tertiary/aromatic N) is 3. The molecule has 86 valence electrons. The summed E-state index contributed by atoms with van der Waals surface area (Å²) in [7, 11) is 1.89. The van der Waals surface area contributed by atoms with Gasteiger partial charge in [0.2, 0.25) is 0 Å². The van der Waals surface area contributed by atoms with E-state index in [2.05, 4.69) is 20.9 Å². The third-order valence-electron chi connectivity index (χ3n) is 2.41. The van der Waals surface area contributed by atoms with Gasteiger partial charge in [0.1, 0.15) is 0 Å². The zero-order valence-electron chi connectivity index (χ0n) is 9.34. The van der Waals surface area contributed by atoms with Crippen molar-refractivity contribution in [1.82, 2.24) is 20.2 Å². The van der Waals surface area contributed by atoms with Crippen LogP contribution in [-0.2, 0) is 13.5 Å². The van der Waals surface area contributed by atoms with Gasteiger partial charge in [0, 0.05) is 30.6 Å². The quantitative estimate of drug-likeness (QED) is 0.613. The largest absolute Gasteiger partial charge is 0.275 e. The third kappa shape index (κ3) is 2.46. The molecule has 6 heteroatoms. The van der Waals surface area contributed by atoms with Crippen LogP contribution in [0.4, 0.5) is 0 Å². The highest BCUT2D eigenvalue weighted by molar-refractivity contribution is 7.09. The van der Waals surface area contributed by atoms with Crippen molar-refractivity contribution in [2.24, 2.45) is 12.9 Å². The normalized spacial score (nSPS) is 12.9. The van der Waals surface area contributed by atoms with E-state index in [1.54, 1.807) is 16.0 Å². The molecule has 0 bridgehead atoms. The molecule has 0 fully saturated rings. The number of hydrogen-bond acceptors (Lipinski definition) is 5. The van der Waals surface area contributed by atoms with Gasteiger partial charge in [0.25, 0.3) is 0 Å². The number of hydrazine groups is 1. The highest BCUT2D eigenvalue weighted by atomic mass is 32.1. The van der Waals surface area contributed by atoms with Gasteiger partial charge in [-0.25, -0.2) is 4.98 Å². The third-order valence-corrected chi connectivity index (χ3v) is 3.23. The van der Waals surface area contributed by atoms with Crippen LogP contribution < -0.4 is 11.3 Å². The van der Waals surface area contributed by atoms with E-state index in [1.807, 2.05) is 26.4 Å². The van der Waals surface area contributed by atoms with Gasteiger partial charge in [-0.3, -0.25) is 16.0 Å². The maximum Gasteiger partial charge on any atom is 0.0897 e. The van der Waals surface area contributed by atoms with Gasteiger partial charge < -0.3 is 0 Å². The molecule has 2 aromatic heterocycles. The average Bonchev–Trinajstić information content (AvgIpc) is 2.84. The van der Waals surface area contributed by atoms with Crippen molar-refractivity contribution in [2.45, 2.75) is 19.4 Å². The maximum atomic E-state index is 5.56. The molecule has 2 rings (SSSR count). The minimum Gasteiger partial charge on any atom is -0.275 e. The lowest BCUT2D eigenvalue weighted by Gasteiger charge is -2.12. The second kappa shape index (κ2) is 4.73. The van der Waals surface area contributed by atoms with Gasteiger partial charge in [-0.2, -0.15) is 5.10 Å². The van der Waals surface area contributed by atoms with E-state index in [4.69, 9.17) is 5.84 Å². The number of hydrogen-bond donors (Lipinski definition) is 2. The summed E-state index contributed by atoms with van der Waals surface area (Å²) in [6, 6.07) is 0.0650. The lowest BCUT2D eigenvalue weighted by Crippen LogP contribution is -2.29. The van der Waals surface area contributed by atoms with Crippen molar-refractivity contribution >= 4 is 11.3 Å². The molecule has 0 saturated carbocycles. The van der Waals surface area contributed by atoms with E-state index in [0.29, 0.717) is 0 Å². The van der Waals surface area contributed by atoms with Crippen LogP contribution in [0.3, 0.4) is 0 Å². The molecule has 1 atom stereocenters. The van der Waals surface area contributed by atoms with E-state index in [9.17, 15) is 0 Å². The SMILES string of the molecule is Cc1nc(CC(NN)c2cnn(C)c2)cs1. The molecule has 16 heavy (non-hydrogen) atoms. The van der Waals surface area contributed by atoms with Crippen LogP contribution in [0.15, 0.2) is 17.8 Å². The fraction of sp³-hybridized carbons (Fsp3) is 0.400. The highest BCUT2D eigenvalue weighted by Gasteiger charge is 2.13. The van der Waals surface area contributed by atoms with Gasteiger partial charge in [-0.15, -0.1) is 11.3 Å². The lowest BCUT2D eigenvalue weighted by molar-refractivity contribution is 0.546. The topological polar surface area (TPSA) is 68.8 Å². The van der Waals surface area contributed by atoms with Crippen LogP contribution in [0.1, 0.15) is 22.3 Å². The first kappa shape index (κ1) is 11.3. The Morgan fingerprint density at radius 1 is 1.62 bits per heavy atom. The summed E-state index contributed by atoms with van der Waals surface area (Å²) in [6.45, 7) is 2.00. The Kier molecular flexibility index (Phi) is 3.33. The maximum absolute atomic E-state index is 5.56. The van der Waals surface area contributed by atoms with Crippen LogP contribution in [0.5, 0.6) is 0 Å². The van der Waals surface area contributed by atoms with Crippen LogP contribution in [0, 0.1) is 6.92 Å². The van der Waals surface area contributed by atoms with Crippen molar-refractivity contribution in [3.63, 3.8) is 0 Å². The van der Waals surface area contributed by atoms with Crippen molar-refractivity contribution in [3.05, 3.63) is 34.0 Å². The molecular formula is C10H15N5S. The summed E-state index contributed by atoms with van der Waals surface area (Å²) in [6.07, 6.45) is 4.57. The fourth-order valence-corrected chi connectivity index (χ4v) is 2.23. The Hall–Kier alpha value is -1.24. The van der Waals surface area contributed by atoms with Gasteiger partial charge in [-0.05, 0) is 6.92 Å². The van der Waals surface area contributed by atoms with Crippen molar-refractivity contribution in [3.8, 4) is 0 Å². The molecule has 0 aromatic carbocycles. The number of aromatic nitrogens is 3. The molecule has 0 amide bonds. The van der Waals surface area contributed by atoms with Gasteiger partial charge >= 0.3 is 0 Å². The Labute approximate surface area is 98.3 Å². The summed E-state index contributed by atoms with van der Waals surface area (Å²) in [5.74, 6) is 5.56. The first-order chi connectivity index (χ1) is 7.69. The fourth-order valence-electron chi connectivity index (χ4n) is 1.60. The molecule has 2 aromatic rings. The van der Waals surface area contributed by atoms with Crippen molar-refractivity contribution in [1.29, 1.82) is 0 Å². The second-order valence-electron chi connectivity index (χ2n) is 3.73. The number of thiazole rings is 1. The monoisotopic (exact) mass is 237 g/mol. The Morgan fingerprint density at radius 2 is 2.44 bits per heavy atom. The summed E-state index contributed by atoms with van der Waals surface area (Å²) >= 11 is 1.66.